The molecule has 92 valence electrons. The lowest BCUT2D eigenvalue weighted by Crippen LogP contribution is -2.38. The van der Waals surface area contributed by atoms with Gasteiger partial charge in [-0.1, -0.05) is 0 Å². The fourth-order valence-electron chi connectivity index (χ4n) is 1.50. The van der Waals surface area contributed by atoms with Gasteiger partial charge in [-0.3, -0.25) is 4.90 Å². The van der Waals surface area contributed by atoms with Crippen LogP contribution >= 0.6 is 0 Å². The molecule has 0 bridgehead atoms. The molecule has 17 heavy (non-hydrogen) atoms. The molecule has 1 aliphatic carbocycles. The second-order valence-corrected chi connectivity index (χ2v) is 5.16. The minimum absolute atomic E-state index is 0.210. The van der Waals surface area contributed by atoms with Gasteiger partial charge in [0, 0.05) is 12.2 Å². The molecule has 0 spiro atoms. The van der Waals surface area contributed by atoms with Gasteiger partial charge in [0.1, 0.15) is 5.60 Å². The first-order valence-corrected chi connectivity index (χ1v) is 5.77. The first kappa shape index (κ1) is 11.8. The second-order valence-electron chi connectivity index (χ2n) is 5.16. The Morgan fingerprint density at radius 3 is 2.65 bits per heavy atom. The normalized spacial score (nSPS) is 15.5. The van der Waals surface area contributed by atoms with Crippen LogP contribution in [0.3, 0.4) is 0 Å². The molecule has 0 radical (unpaired) electrons. The van der Waals surface area contributed by atoms with Crippen LogP contribution in [0.25, 0.3) is 0 Å². The van der Waals surface area contributed by atoms with Crippen molar-refractivity contribution < 1.29 is 9.53 Å². The Kier molecular flexibility index (Phi) is 3.00. The largest absolute Gasteiger partial charge is 0.443 e. The summed E-state index contributed by atoms with van der Waals surface area (Å²) < 4.78 is 5.37. The van der Waals surface area contributed by atoms with Crippen molar-refractivity contribution in [3.8, 4) is 0 Å². The van der Waals surface area contributed by atoms with E-state index in [4.69, 9.17) is 4.74 Å². The molecule has 1 amide bonds. The van der Waals surface area contributed by atoms with Crippen LogP contribution in [0.15, 0.2) is 18.3 Å². The number of hydrogen-bond donors (Lipinski definition) is 0. The predicted octanol–water partition coefficient (Wildman–Crippen LogP) is 2.38. The molecule has 0 unspecified atom stereocenters. The number of rotatable bonds is 2. The minimum Gasteiger partial charge on any atom is -0.443 e. The van der Waals surface area contributed by atoms with Gasteiger partial charge in [0.25, 0.3) is 0 Å². The molecular formula is C12H17N3O2. The summed E-state index contributed by atoms with van der Waals surface area (Å²) in [4.78, 5) is 13.7. The number of carbonyl (C=O) groups is 1. The van der Waals surface area contributed by atoms with E-state index in [1.54, 1.807) is 23.2 Å². The average molecular weight is 235 g/mol. The SMILES string of the molecule is CC(C)(C)OC(=O)N(c1cccnn1)C1CC1. The van der Waals surface area contributed by atoms with Gasteiger partial charge in [0.15, 0.2) is 5.82 Å². The van der Waals surface area contributed by atoms with E-state index in [9.17, 15) is 4.79 Å². The molecule has 1 fully saturated rings. The van der Waals surface area contributed by atoms with Gasteiger partial charge >= 0.3 is 6.09 Å². The van der Waals surface area contributed by atoms with E-state index in [0.717, 1.165) is 12.8 Å². The van der Waals surface area contributed by atoms with Crippen molar-refractivity contribution in [1.29, 1.82) is 0 Å². The summed E-state index contributed by atoms with van der Waals surface area (Å²) in [6.45, 7) is 5.56. The predicted molar refractivity (Wildman–Crippen MR) is 63.8 cm³/mol. The van der Waals surface area contributed by atoms with Gasteiger partial charge in [-0.15, -0.1) is 5.10 Å². The number of anilines is 1. The Morgan fingerprint density at radius 1 is 1.47 bits per heavy atom. The fourth-order valence-corrected chi connectivity index (χ4v) is 1.50. The molecule has 1 heterocycles. The maximum absolute atomic E-state index is 12.1. The van der Waals surface area contributed by atoms with Crippen LogP contribution in [-0.2, 0) is 4.74 Å². The standard InChI is InChI=1S/C12H17N3O2/c1-12(2,3)17-11(16)15(9-6-7-9)10-5-4-8-13-14-10/h4-5,8-9H,6-7H2,1-3H3. The van der Waals surface area contributed by atoms with Crippen LogP contribution < -0.4 is 4.90 Å². The Balaban J connectivity index is 2.16. The van der Waals surface area contributed by atoms with E-state index < -0.39 is 5.60 Å². The first-order valence-electron chi connectivity index (χ1n) is 5.77. The molecule has 5 nitrogen and oxygen atoms in total. The average Bonchev–Trinajstić information content (AvgIpc) is 3.01. The highest BCUT2D eigenvalue weighted by Gasteiger charge is 2.37. The maximum atomic E-state index is 12.1. The highest BCUT2D eigenvalue weighted by molar-refractivity contribution is 5.87. The highest BCUT2D eigenvalue weighted by atomic mass is 16.6. The van der Waals surface area contributed by atoms with E-state index in [2.05, 4.69) is 10.2 Å². The quantitative estimate of drug-likeness (QED) is 0.789. The number of carbonyl (C=O) groups excluding carboxylic acids is 1. The third-order valence-corrected chi connectivity index (χ3v) is 2.31. The van der Waals surface area contributed by atoms with Gasteiger partial charge in [-0.25, -0.2) is 4.79 Å². The summed E-state index contributed by atoms with van der Waals surface area (Å²) in [5, 5.41) is 7.76. The molecule has 0 N–H and O–H groups in total. The molecule has 0 atom stereocenters. The number of ether oxygens (including phenoxy) is 1. The van der Waals surface area contributed by atoms with E-state index in [1.165, 1.54) is 0 Å². The zero-order chi connectivity index (χ0) is 12.5. The van der Waals surface area contributed by atoms with Gasteiger partial charge in [-0.2, -0.15) is 5.10 Å². The summed E-state index contributed by atoms with van der Waals surface area (Å²) in [6.07, 6.45) is 3.23. The van der Waals surface area contributed by atoms with Crippen molar-refractivity contribution in [3.63, 3.8) is 0 Å². The van der Waals surface area contributed by atoms with E-state index in [1.807, 2.05) is 20.8 Å². The van der Waals surface area contributed by atoms with Gasteiger partial charge in [-0.05, 0) is 45.7 Å². The third kappa shape index (κ3) is 3.15. The van der Waals surface area contributed by atoms with Crippen molar-refractivity contribution in [2.45, 2.75) is 45.3 Å². The molecule has 0 saturated heterocycles. The lowest BCUT2D eigenvalue weighted by atomic mass is 10.2. The number of aromatic nitrogens is 2. The summed E-state index contributed by atoms with van der Waals surface area (Å²) in [6, 6.07) is 3.75. The lowest BCUT2D eigenvalue weighted by Gasteiger charge is -2.26. The molecule has 0 aliphatic heterocycles. The molecule has 5 heteroatoms. The van der Waals surface area contributed by atoms with Crippen LogP contribution in [0.5, 0.6) is 0 Å². The summed E-state index contributed by atoms with van der Waals surface area (Å²) in [5.41, 5.74) is -0.494. The Labute approximate surface area is 101 Å². The van der Waals surface area contributed by atoms with Gasteiger partial charge < -0.3 is 4.74 Å². The molecular weight excluding hydrogens is 218 g/mol. The molecule has 1 aliphatic rings. The number of amides is 1. The Bertz CT molecular complexity index is 396. The van der Waals surface area contributed by atoms with E-state index in [-0.39, 0.29) is 12.1 Å². The molecule has 1 aromatic rings. The minimum atomic E-state index is -0.494. The molecule has 1 saturated carbocycles. The van der Waals surface area contributed by atoms with Crippen molar-refractivity contribution >= 4 is 11.9 Å². The summed E-state index contributed by atoms with van der Waals surface area (Å²) in [7, 11) is 0. The zero-order valence-electron chi connectivity index (χ0n) is 10.4. The fraction of sp³-hybridized carbons (Fsp3) is 0.583. The Hall–Kier alpha value is -1.65. The van der Waals surface area contributed by atoms with Crippen LogP contribution in [-0.4, -0.2) is 27.9 Å². The Morgan fingerprint density at radius 2 is 2.18 bits per heavy atom. The van der Waals surface area contributed by atoms with Crippen molar-refractivity contribution in [2.24, 2.45) is 0 Å². The first-order chi connectivity index (χ1) is 7.97. The third-order valence-electron chi connectivity index (χ3n) is 2.31. The topological polar surface area (TPSA) is 55.3 Å². The summed E-state index contributed by atoms with van der Waals surface area (Å²) >= 11 is 0. The van der Waals surface area contributed by atoms with Crippen molar-refractivity contribution in [2.75, 3.05) is 4.90 Å². The lowest BCUT2D eigenvalue weighted by molar-refractivity contribution is 0.0576. The van der Waals surface area contributed by atoms with Crippen LogP contribution in [0.2, 0.25) is 0 Å². The van der Waals surface area contributed by atoms with E-state index >= 15 is 0 Å². The zero-order valence-corrected chi connectivity index (χ0v) is 10.4. The summed E-state index contributed by atoms with van der Waals surface area (Å²) in [5.74, 6) is 0.559. The molecule has 2 rings (SSSR count). The maximum Gasteiger partial charge on any atom is 0.416 e. The highest BCUT2D eigenvalue weighted by Crippen LogP contribution is 2.31. The number of hydrogen-bond acceptors (Lipinski definition) is 4. The van der Waals surface area contributed by atoms with Crippen LogP contribution in [0, 0.1) is 0 Å². The van der Waals surface area contributed by atoms with Crippen LogP contribution in [0.4, 0.5) is 10.6 Å². The van der Waals surface area contributed by atoms with Gasteiger partial charge in [0.05, 0.1) is 0 Å². The molecule has 1 aromatic heterocycles. The van der Waals surface area contributed by atoms with Crippen molar-refractivity contribution in [3.05, 3.63) is 18.3 Å². The monoisotopic (exact) mass is 235 g/mol. The smallest absolute Gasteiger partial charge is 0.416 e. The van der Waals surface area contributed by atoms with Crippen molar-refractivity contribution in [1.82, 2.24) is 10.2 Å². The van der Waals surface area contributed by atoms with E-state index in [0.29, 0.717) is 5.82 Å². The van der Waals surface area contributed by atoms with Crippen LogP contribution in [0.1, 0.15) is 33.6 Å². The number of nitrogens with zero attached hydrogens (tertiary/aromatic N) is 3. The second kappa shape index (κ2) is 4.31. The van der Waals surface area contributed by atoms with Gasteiger partial charge in [0.2, 0.25) is 0 Å². The molecule has 0 aromatic carbocycles.